The van der Waals surface area contributed by atoms with E-state index in [-0.39, 0.29) is 0 Å². The number of fused-ring (bicyclic) bond motifs is 4. The third kappa shape index (κ3) is 6.73. The molecule has 1 nitrogen and oxygen atoms in total. The Kier molecular flexibility index (Phi) is 9.26. The molecule has 0 aromatic heterocycles. The van der Waals surface area contributed by atoms with Crippen molar-refractivity contribution in [2.75, 3.05) is 4.90 Å². The molecule has 0 unspecified atom stereocenters. The van der Waals surface area contributed by atoms with Crippen LogP contribution in [0.2, 0.25) is 0 Å². The van der Waals surface area contributed by atoms with Gasteiger partial charge in [-0.25, -0.2) is 0 Å². The van der Waals surface area contributed by atoms with Crippen LogP contribution in [0.15, 0.2) is 249 Å². The van der Waals surface area contributed by atoms with Crippen molar-refractivity contribution in [3.05, 3.63) is 249 Å². The molecule has 0 atom stereocenters. The van der Waals surface area contributed by atoms with Gasteiger partial charge in [0.1, 0.15) is 0 Å². The first-order valence-corrected chi connectivity index (χ1v) is 21.0. The summed E-state index contributed by atoms with van der Waals surface area (Å²) in [5.41, 5.74) is 15.4. The van der Waals surface area contributed by atoms with Gasteiger partial charge in [-0.15, -0.1) is 0 Å². The molecule has 11 aromatic rings. The number of anilines is 3. The summed E-state index contributed by atoms with van der Waals surface area (Å²) in [5, 5.41) is 7.40. The minimum atomic E-state index is 1.09. The van der Waals surface area contributed by atoms with Crippen LogP contribution in [0.5, 0.6) is 0 Å². The van der Waals surface area contributed by atoms with E-state index in [0.29, 0.717) is 0 Å². The molecule has 0 saturated carbocycles. The summed E-state index contributed by atoms with van der Waals surface area (Å²) in [6.07, 6.45) is 0. The second-order valence-electron chi connectivity index (χ2n) is 15.7. The molecule has 0 aliphatic rings. The van der Waals surface area contributed by atoms with Gasteiger partial charge in [0.15, 0.2) is 0 Å². The predicted molar refractivity (Wildman–Crippen MR) is 261 cm³/mol. The van der Waals surface area contributed by atoms with Crippen LogP contribution in [0.3, 0.4) is 0 Å². The van der Waals surface area contributed by atoms with Gasteiger partial charge < -0.3 is 4.90 Å². The van der Waals surface area contributed by atoms with Gasteiger partial charge in [0.25, 0.3) is 0 Å². The summed E-state index contributed by atoms with van der Waals surface area (Å²) >= 11 is 0. The summed E-state index contributed by atoms with van der Waals surface area (Å²) < 4.78 is 0. The Hall–Kier alpha value is -8.00. The second kappa shape index (κ2) is 15.6. The Balaban J connectivity index is 1.05. The van der Waals surface area contributed by atoms with Gasteiger partial charge in [-0.2, -0.15) is 0 Å². The number of benzene rings is 11. The predicted octanol–water partition coefficient (Wildman–Crippen LogP) is 17.0. The van der Waals surface area contributed by atoms with E-state index >= 15 is 0 Å². The zero-order valence-electron chi connectivity index (χ0n) is 33.6. The van der Waals surface area contributed by atoms with E-state index < -0.39 is 0 Å². The highest BCUT2D eigenvalue weighted by Gasteiger charge is 2.20. The Morgan fingerprint density at radius 2 is 0.672 bits per heavy atom. The fraction of sp³-hybridized carbons (Fsp3) is 0. The number of hydrogen-bond donors (Lipinski definition) is 0. The highest BCUT2D eigenvalue weighted by Crippen LogP contribution is 2.45. The topological polar surface area (TPSA) is 3.24 Å². The molecule has 0 fully saturated rings. The molecule has 0 bridgehead atoms. The largest absolute Gasteiger partial charge is 0.310 e. The van der Waals surface area contributed by atoms with Crippen LogP contribution in [0.25, 0.3) is 88.0 Å². The van der Waals surface area contributed by atoms with Crippen LogP contribution < -0.4 is 4.90 Å². The monoisotopic (exact) mass is 775 g/mol. The van der Waals surface area contributed by atoms with Gasteiger partial charge in [-0.1, -0.05) is 212 Å². The highest BCUT2D eigenvalue weighted by atomic mass is 15.1. The third-order valence-corrected chi connectivity index (χ3v) is 12.1. The molecule has 0 amide bonds. The first-order chi connectivity index (χ1) is 30.3. The molecule has 0 heterocycles. The average molecular weight is 776 g/mol. The van der Waals surface area contributed by atoms with E-state index in [1.54, 1.807) is 0 Å². The van der Waals surface area contributed by atoms with Crippen molar-refractivity contribution in [3.8, 4) is 55.6 Å². The molecule has 0 saturated heterocycles. The van der Waals surface area contributed by atoms with Crippen LogP contribution in [0, 0.1) is 0 Å². The Morgan fingerprint density at radius 3 is 1.34 bits per heavy atom. The van der Waals surface area contributed by atoms with E-state index in [2.05, 4.69) is 254 Å². The van der Waals surface area contributed by atoms with Crippen molar-refractivity contribution in [1.29, 1.82) is 0 Å². The Labute approximate surface area is 357 Å². The Morgan fingerprint density at radius 1 is 0.213 bits per heavy atom. The average Bonchev–Trinajstić information content (AvgIpc) is 3.34. The normalized spacial score (nSPS) is 11.3. The SMILES string of the molecule is c1ccc(-c2ccccc2-c2ccccc2-c2ccccc2-c2ccc(N(c3cccc(-c4ccc5ccccc5c4)c3)c3cc4ccccc4c4ccccc34)cc2)cc1. The molecule has 0 spiro atoms. The molecular weight excluding hydrogens is 735 g/mol. The lowest BCUT2D eigenvalue weighted by Crippen LogP contribution is -2.11. The summed E-state index contributed by atoms with van der Waals surface area (Å²) in [6.45, 7) is 0. The van der Waals surface area contributed by atoms with Gasteiger partial charge in [-0.3, -0.25) is 0 Å². The first kappa shape index (κ1) is 36.1. The Bertz CT molecular complexity index is 3360. The van der Waals surface area contributed by atoms with E-state index in [1.807, 2.05) is 0 Å². The fourth-order valence-corrected chi connectivity index (χ4v) is 9.14. The molecule has 11 rings (SSSR count). The molecule has 61 heavy (non-hydrogen) atoms. The highest BCUT2D eigenvalue weighted by molar-refractivity contribution is 6.14. The first-order valence-electron chi connectivity index (χ1n) is 21.0. The molecule has 0 aliphatic heterocycles. The zero-order chi connectivity index (χ0) is 40.5. The standard InChI is InChI=1S/C60H41N/c1-2-18-43(19-3-1)51-24-8-10-27-54(51)57-30-12-13-31-58(57)55-28-11-9-25-52(55)44-35-37-49(38-36-44)61(60-41-48-21-6-7-26-53(48)56-29-14-15-32-59(56)60)50-23-16-22-46(40-50)47-34-33-42-17-4-5-20-45(42)39-47/h1-41H. The maximum atomic E-state index is 2.44. The molecule has 1 heteroatoms. The lowest BCUT2D eigenvalue weighted by atomic mass is 9.87. The summed E-state index contributed by atoms with van der Waals surface area (Å²) in [6, 6.07) is 90.5. The fourth-order valence-electron chi connectivity index (χ4n) is 9.14. The molecule has 11 aromatic carbocycles. The van der Waals surface area contributed by atoms with Crippen LogP contribution in [0.1, 0.15) is 0 Å². The van der Waals surface area contributed by atoms with Gasteiger partial charge >= 0.3 is 0 Å². The van der Waals surface area contributed by atoms with E-state index in [9.17, 15) is 0 Å². The molecule has 0 N–H and O–H groups in total. The summed E-state index contributed by atoms with van der Waals surface area (Å²) in [4.78, 5) is 2.44. The molecular formula is C60H41N. The molecule has 0 aliphatic carbocycles. The van der Waals surface area contributed by atoms with Crippen LogP contribution in [-0.4, -0.2) is 0 Å². The second-order valence-corrected chi connectivity index (χ2v) is 15.7. The lowest BCUT2D eigenvalue weighted by Gasteiger charge is -2.28. The van der Waals surface area contributed by atoms with Crippen molar-refractivity contribution >= 4 is 49.4 Å². The van der Waals surface area contributed by atoms with Crippen molar-refractivity contribution in [2.24, 2.45) is 0 Å². The summed E-state index contributed by atoms with van der Waals surface area (Å²) in [5.74, 6) is 0. The zero-order valence-corrected chi connectivity index (χ0v) is 33.6. The maximum Gasteiger partial charge on any atom is 0.0546 e. The van der Waals surface area contributed by atoms with Crippen molar-refractivity contribution in [3.63, 3.8) is 0 Å². The van der Waals surface area contributed by atoms with Crippen LogP contribution in [0.4, 0.5) is 17.1 Å². The lowest BCUT2D eigenvalue weighted by molar-refractivity contribution is 1.30. The molecule has 286 valence electrons. The van der Waals surface area contributed by atoms with E-state index in [0.717, 1.165) is 17.1 Å². The van der Waals surface area contributed by atoms with Crippen molar-refractivity contribution < 1.29 is 0 Å². The summed E-state index contributed by atoms with van der Waals surface area (Å²) in [7, 11) is 0. The number of nitrogens with zero attached hydrogens (tertiary/aromatic N) is 1. The number of rotatable bonds is 8. The quantitative estimate of drug-likeness (QED) is 0.139. The van der Waals surface area contributed by atoms with Crippen LogP contribution in [-0.2, 0) is 0 Å². The van der Waals surface area contributed by atoms with Gasteiger partial charge in [0.05, 0.1) is 5.69 Å². The molecule has 0 radical (unpaired) electrons. The maximum absolute atomic E-state index is 2.44. The van der Waals surface area contributed by atoms with E-state index in [4.69, 9.17) is 0 Å². The van der Waals surface area contributed by atoms with E-state index in [1.165, 1.54) is 88.0 Å². The van der Waals surface area contributed by atoms with Crippen LogP contribution >= 0.6 is 0 Å². The number of hydrogen-bond acceptors (Lipinski definition) is 1. The third-order valence-electron chi connectivity index (χ3n) is 12.1. The van der Waals surface area contributed by atoms with Gasteiger partial charge in [-0.05, 0) is 119 Å². The smallest absolute Gasteiger partial charge is 0.0546 e. The van der Waals surface area contributed by atoms with Gasteiger partial charge in [0.2, 0.25) is 0 Å². The van der Waals surface area contributed by atoms with Crippen molar-refractivity contribution in [2.45, 2.75) is 0 Å². The minimum absolute atomic E-state index is 1.09. The minimum Gasteiger partial charge on any atom is -0.310 e. The van der Waals surface area contributed by atoms with Crippen molar-refractivity contribution in [1.82, 2.24) is 0 Å². The van der Waals surface area contributed by atoms with Gasteiger partial charge in [0, 0.05) is 16.8 Å².